The van der Waals surface area contributed by atoms with Gasteiger partial charge >= 0.3 is 5.88 Å². The summed E-state index contributed by atoms with van der Waals surface area (Å²) in [4.78, 5) is 16.6. The lowest BCUT2D eigenvalue weighted by molar-refractivity contribution is -0.779. The molecule has 1 amide bonds. The van der Waals surface area contributed by atoms with Crippen LogP contribution in [0.5, 0.6) is 0 Å². The van der Waals surface area contributed by atoms with E-state index >= 15 is 0 Å². The van der Waals surface area contributed by atoms with Gasteiger partial charge in [-0.15, -0.1) is 0 Å². The molecule has 0 saturated carbocycles. The molecule has 0 aromatic carbocycles. The van der Waals surface area contributed by atoms with E-state index in [2.05, 4.69) is 21.6 Å². The normalized spacial score (nSPS) is 12.9. The van der Waals surface area contributed by atoms with Crippen LogP contribution < -0.4 is 10.00 Å². The van der Waals surface area contributed by atoms with Crippen LogP contribution in [0.25, 0.3) is 0 Å². The summed E-state index contributed by atoms with van der Waals surface area (Å²) in [6, 6.07) is 4.22. The van der Waals surface area contributed by atoms with Crippen molar-refractivity contribution >= 4 is 23.6 Å². The number of nitrogens with zero attached hydrogens (tertiary/aromatic N) is 4. The van der Waals surface area contributed by atoms with Crippen molar-refractivity contribution in [2.75, 3.05) is 11.1 Å². The number of nitriles is 1. The van der Waals surface area contributed by atoms with Gasteiger partial charge in [0, 0.05) is 5.69 Å². The lowest BCUT2D eigenvalue weighted by Gasteiger charge is -2.06. The molecular formula is C16H18N5O2S+. The molecule has 0 spiro atoms. The second-order valence-electron chi connectivity index (χ2n) is 5.89. The Morgan fingerprint density at radius 2 is 2.38 bits per heavy atom. The average molecular weight is 344 g/mol. The topological polar surface area (TPSA) is 95.7 Å². The number of pyridine rings is 1. The molecule has 0 aliphatic heterocycles. The van der Waals surface area contributed by atoms with Crippen LogP contribution in [-0.4, -0.2) is 21.9 Å². The van der Waals surface area contributed by atoms with Crippen LogP contribution in [0.1, 0.15) is 43.1 Å². The monoisotopic (exact) mass is 344 g/mol. The second-order valence-corrected chi connectivity index (χ2v) is 6.85. The third-order valence-electron chi connectivity index (χ3n) is 3.75. The second kappa shape index (κ2) is 7.01. The smallest absolute Gasteiger partial charge is 0.288 e. The molecule has 1 aliphatic carbocycles. The third-order valence-corrected chi connectivity index (χ3v) is 4.74. The van der Waals surface area contributed by atoms with Gasteiger partial charge in [0.2, 0.25) is 11.2 Å². The van der Waals surface area contributed by atoms with Crippen LogP contribution in [0.3, 0.4) is 0 Å². The van der Waals surface area contributed by atoms with Crippen molar-refractivity contribution < 1.29 is 14.0 Å². The molecule has 2 heterocycles. The first-order valence-electron chi connectivity index (χ1n) is 7.80. The van der Waals surface area contributed by atoms with E-state index in [1.54, 1.807) is 10.9 Å². The fraction of sp³-hybridized carbons (Fsp3) is 0.438. The van der Waals surface area contributed by atoms with Gasteiger partial charge in [-0.25, -0.2) is 4.98 Å². The SMILES string of the molecule is CC(C)[n+]1cc(NC(=O)CSc2nc3c(cc2C#N)CCC3)on1. The van der Waals surface area contributed by atoms with Crippen LogP contribution in [-0.2, 0) is 17.6 Å². The Bertz CT molecular complexity index is 809. The quantitative estimate of drug-likeness (QED) is 0.658. The number of hydrogen-bond acceptors (Lipinski definition) is 6. The summed E-state index contributed by atoms with van der Waals surface area (Å²) in [7, 11) is 0. The maximum absolute atomic E-state index is 12.1. The molecule has 7 nitrogen and oxygen atoms in total. The number of rotatable bonds is 5. The van der Waals surface area contributed by atoms with Gasteiger partial charge in [-0.05, 0) is 49.4 Å². The Morgan fingerprint density at radius 1 is 1.54 bits per heavy atom. The number of nitrogens with one attached hydrogen (secondary N) is 1. The van der Waals surface area contributed by atoms with Gasteiger partial charge in [-0.3, -0.25) is 14.6 Å². The van der Waals surface area contributed by atoms with E-state index in [1.807, 2.05) is 19.9 Å². The zero-order valence-corrected chi connectivity index (χ0v) is 14.4. The van der Waals surface area contributed by atoms with Crippen molar-refractivity contribution in [1.29, 1.82) is 5.26 Å². The maximum atomic E-state index is 12.1. The number of hydrogen-bond donors (Lipinski definition) is 1. The molecule has 2 aromatic rings. The zero-order valence-electron chi connectivity index (χ0n) is 13.6. The van der Waals surface area contributed by atoms with E-state index in [1.165, 1.54) is 11.8 Å². The first kappa shape index (κ1) is 16.5. The first-order valence-corrected chi connectivity index (χ1v) is 8.79. The molecule has 0 bridgehead atoms. The number of aromatic nitrogens is 3. The number of carbonyl (C=O) groups excluding carboxylic acids is 1. The number of anilines is 1. The van der Waals surface area contributed by atoms with E-state index < -0.39 is 0 Å². The fourth-order valence-corrected chi connectivity index (χ4v) is 3.28. The molecule has 0 unspecified atom stereocenters. The molecule has 0 fully saturated rings. The number of carbonyl (C=O) groups is 1. The molecule has 0 radical (unpaired) electrons. The maximum Gasteiger partial charge on any atom is 0.302 e. The highest BCUT2D eigenvalue weighted by Gasteiger charge is 2.19. The lowest BCUT2D eigenvalue weighted by Crippen LogP contribution is -2.36. The van der Waals surface area contributed by atoms with E-state index in [0.717, 1.165) is 30.5 Å². The Kier molecular flexibility index (Phi) is 4.81. The molecular weight excluding hydrogens is 326 g/mol. The van der Waals surface area contributed by atoms with Crippen molar-refractivity contribution in [2.24, 2.45) is 0 Å². The summed E-state index contributed by atoms with van der Waals surface area (Å²) in [5, 5.41) is 16.4. The fourth-order valence-electron chi connectivity index (χ4n) is 2.51. The van der Waals surface area contributed by atoms with Crippen molar-refractivity contribution in [3.63, 3.8) is 0 Å². The number of aryl methyl sites for hydroxylation is 2. The van der Waals surface area contributed by atoms with Gasteiger partial charge in [-0.1, -0.05) is 11.8 Å². The molecule has 2 aromatic heterocycles. The summed E-state index contributed by atoms with van der Waals surface area (Å²) >= 11 is 1.26. The van der Waals surface area contributed by atoms with E-state index in [0.29, 0.717) is 16.5 Å². The van der Waals surface area contributed by atoms with Gasteiger partial charge in [0.25, 0.3) is 6.20 Å². The largest absolute Gasteiger partial charge is 0.302 e. The summed E-state index contributed by atoms with van der Waals surface area (Å²) in [5.74, 6) is 0.234. The van der Waals surface area contributed by atoms with Gasteiger partial charge in [0.15, 0.2) is 6.04 Å². The minimum atomic E-state index is -0.224. The molecule has 0 atom stereocenters. The van der Waals surface area contributed by atoms with Gasteiger partial charge < -0.3 is 0 Å². The van der Waals surface area contributed by atoms with Crippen LogP contribution in [0.4, 0.5) is 5.88 Å². The Labute approximate surface area is 144 Å². The van der Waals surface area contributed by atoms with Crippen LogP contribution in [0.2, 0.25) is 0 Å². The van der Waals surface area contributed by atoms with E-state index in [4.69, 9.17) is 4.52 Å². The highest BCUT2D eigenvalue weighted by Crippen LogP contribution is 2.27. The molecule has 8 heteroatoms. The number of fused-ring (bicyclic) bond motifs is 1. The predicted molar refractivity (Wildman–Crippen MR) is 87.4 cm³/mol. The molecule has 3 rings (SSSR count). The molecule has 1 aliphatic rings. The molecule has 24 heavy (non-hydrogen) atoms. The van der Waals surface area contributed by atoms with Crippen LogP contribution in [0, 0.1) is 11.3 Å². The Morgan fingerprint density at radius 3 is 3.08 bits per heavy atom. The minimum absolute atomic E-state index is 0.155. The molecule has 0 saturated heterocycles. The molecule has 1 N–H and O–H groups in total. The highest BCUT2D eigenvalue weighted by atomic mass is 32.2. The molecule has 124 valence electrons. The van der Waals surface area contributed by atoms with Gasteiger partial charge in [0.05, 0.1) is 11.3 Å². The van der Waals surface area contributed by atoms with Gasteiger partial charge in [-0.2, -0.15) is 5.26 Å². The van der Waals surface area contributed by atoms with Crippen molar-refractivity contribution in [3.8, 4) is 6.07 Å². The van der Waals surface area contributed by atoms with Crippen molar-refractivity contribution in [1.82, 2.24) is 10.3 Å². The van der Waals surface area contributed by atoms with Gasteiger partial charge in [0.1, 0.15) is 11.1 Å². The average Bonchev–Trinajstić information content (AvgIpc) is 3.20. The van der Waals surface area contributed by atoms with Crippen molar-refractivity contribution in [2.45, 2.75) is 44.2 Å². The van der Waals surface area contributed by atoms with Crippen molar-refractivity contribution in [3.05, 3.63) is 29.1 Å². The minimum Gasteiger partial charge on any atom is -0.288 e. The van der Waals surface area contributed by atoms with E-state index in [9.17, 15) is 10.1 Å². The van der Waals surface area contributed by atoms with Crippen LogP contribution in [0.15, 0.2) is 21.8 Å². The highest BCUT2D eigenvalue weighted by molar-refractivity contribution is 8.00. The third kappa shape index (κ3) is 3.57. The Hall–Kier alpha value is -2.40. The summed E-state index contributed by atoms with van der Waals surface area (Å²) in [6.07, 6.45) is 4.63. The Balaban J connectivity index is 1.63. The number of amides is 1. The standard InChI is InChI=1S/C16H17N5O2S/c1-10(2)21-8-15(23-20-21)19-14(22)9-24-16-12(7-17)6-11-4-3-5-13(11)18-16/h6,8,10H,3-5,9H2,1-2H3/p+1. The first-order chi connectivity index (χ1) is 11.6. The lowest BCUT2D eigenvalue weighted by atomic mass is 10.2. The predicted octanol–water partition coefficient (Wildman–Crippen LogP) is 2.03. The summed E-state index contributed by atoms with van der Waals surface area (Å²) in [6.45, 7) is 3.93. The zero-order chi connectivity index (χ0) is 17.1. The van der Waals surface area contributed by atoms with Crippen LogP contribution >= 0.6 is 11.8 Å². The van der Waals surface area contributed by atoms with E-state index in [-0.39, 0.29) is 17.7 Å². The summed E-state index contributed by atoms with van der Waals surface area (Å²) in [5.41, 5.74) is 2.73. The number of thioether (sulfide) groups is 1. The summed E-state index contributed by atoms with van der Waals surface area (Å²) < 4.78 is 6.68.